The lowest BCUT2D eigenvalue weighted by Gasteiger charge is -2.06. The molecule has 0 bridgehead atoms. The average molecular weight is 338 g/mol. The van der Waals surface area contributed by atoms with E-state index in [9.17, 15) is 4.79 Å². The zero-order valence-corrected chi connectivity index (χ0v) is 13.0. The summed E-state index contributed by atoms with van der Waals surface area (Å²) in [5.74, 6) is -0.335. The molecule has 2 aromatic rings. The summed E-state index contributed by atoms with van der Waals surface area (Å²) in [6.07, 6.45) is 0. The highest BCUT2D eigenvalue weighted by Gasteiger charge is 2.12. The number of hydrogen-bond acceptors (Lipinski definition) is 4. The van der Waals surface area contributed by atoms with Gasteiger partial charge in [-0.25, -0.2) is 0 Å². The van der Waals surface area contributed by atoms with Crippen molar-refractivity contribution >= 4 is 27.6 Å². The van der Waals surface area contributed by atoms with Gasteiger partial charge >= 0.3 is 5.97 Å². The average Bonchev–Trinajstić information content (AvgIpc) is 2.66. The second kappa shape index (κ2) is 6.09. The normalized spacial score (nSPS) is 10.6. The molecule has 0 saturated heterocycles. The quantitative estimate of drug-likeness (QED) is 0.870. The van der Waals surface area contributed by atoms with E-state index in [2.05, 4.69) is 21.0 Å². The fourth-order valence-corrected chi connectivity index (χ4v) is 2.04. The van der Waals surface area contributed by atoms with Crippen LogP contribution >= 0.6 is 15.9 Å². The number of nitrogen functional groups attached to an aromatic ring is 1. The minimum absolute atomic E-state index is 0.0698. The van der Waals surface area contributed by atoms with Crippen LogP contribution in [-0.4, -0.2) is 15.7 Å². The van der Waals surface area contributed by atoms with E-state index < -0.39 is 0 Å². The highest BCUT2D eigenvalue weighted by molar-refractivity contribution is 9.10. The molecule has 0 amide bonds. The molecule has 1 heterocycles. The SMILES string of the molecule is Cc1nn(CC(=O)OCc2ccc(Br)cc2)c(C)c1N. The van der Waals surface area contributed by atoms with E-state index in [-0.39, 0.29) is 19.1 Å². The second-order valence-corrected chi connectivity index (χ2v) is 5.44. The number of ether oxygens (including phenoxy) is 1. The topological polar surface area (TPSA) is 70.1 Å². The molecule has 0 radical (unpaired) electrons. The summed E-state index contributed by atoms with van der Waals surface area (Å²) in [7, 11) is 0. The fraction of sp³-hybridized carbons (Fsp3) is 0.286. The zero-order valence-electron chi connectivity index (χ0n) is 11.4. The lowest BCUT2D eigenvalue weighted by Crippen LogP contribution is -2.15. The van der Waals surface area contributed by atoms with Crippen molar-refractivity contribution in [1.82, 2.24) is 9.78 Å². The molecule has 5 nitrogen and oxygen atoms in total. The summed E-state index contributed by atoms with van der Waals surface area (Å²) in [6, 6.07) is 7.62. The van der Waals surface area contributed by atoms with Crippen molar-refractivity contribution in [2.24, 2.45) is 0 Å². The van der Waals surface area contributed by atoms with E-state index in [1.807, 2.05) is 38.1 Å². The van der Waals surface area contributed by atoms with Crippen LogP contribution < -0.4 is 5.73 Å². The van der Waals surface area contributed by atoms with Crippen LogP contribution in [0, 0.1) is 13.8 Å². The smallest absolute Gasteiger partial charge is 0.328 e. The Labute approximate surface area is 125 Å². The largest absolute Gasteiger partial charge is 0.459 e. The van der Waals surface area contributed by atoms with Crippen LogP contribution in [0.25, 0.3) is 0 Å². The standard InChI is InChI=1S/C14H16BrN3O2/c1-9-14(16)10(2)18(17-9)7-13(19)20-8-11-3-5-12(15)6-4-11/h3-6H,7-8,16H2,1-2H3. The van der Waals surface area contributed by atoms with Crippen molar-refractivity contribution < 1.29 is 9.53 Å². The number of aryl methyl sites for hydroxylation is 1. The van der Waals surface area contributed by atoms with Crippen LogP contribution in [0.15, 0.2) is 28.7 Å². The Morgan fingerprint density at radius 3 is 2.55 bits per heavy atom. The van der Waals surface area contributed by atoms with Crippen molar-refractivity contribution in [2.75, 3.05) is 5.73 Å². The van der Waals surface area contributed by atoms with Gasteiger partial charge < -0.3 is 10.5 Å². The Kier molecular flexibility index (Phi) is 4.44. The molecule has 6 heteroatoms. The van der Waals surface area contributed by atoms with E-state index in [1.165, 1.54) is 0 Å². The first-order valence-corrected chi connectivity index (χ1v) is 6.96. The van der Waals surface area contributed by atoms with Gasteiger partial charge in [0.2, 0.25) is 0 Å². The third kappa shape index (κ3) is 3.39. The van der Waals surface area contributed by atoms with Crippen molar-refractivity contribution in [3.63, 3.8) is 0 Å². The molecule has 1 aromatic heterocycles. The van der Waals surface area contributed by atoms with Crippen LogP contribution in [0.4, 0.5) is 5.69 Å². The lowest BCUT2D eigenvalue weighted by atomic mass is 10.2. The van der Waals surface area contributed by atoms with E-state index in [0.717, 1.165) is 21.4 Å². The Bertz CT molecular complexity index is 620. The van der Waals surface area contributed by atoms with Crippen LogP contribution in [0.3, 0.4) is 0 Å². The summed E-state index contributed by atoms with van der Waals surface area (Å²) in [6.45, 7) is 3.96. The van der Waals surface area contributed by atoms with Crippen molar-refractivity contribution in [3.8, 4) is 0 Å². The first kappa shape index (κ1) is 14.6. The summed E-state index contributed by atoms with van der Waals surface area (Å²) in [5, 5.41) is 4.20. The van der Waals surface area contributed by atoms with Gasteiger partial charge in [0.05, 0.1) is 17.1 Å². The van der Waals surface area contributed by atoms with Gasteiger partial charge in [-0.3, -0.25) is 9.48 Å². The molecule has 0 saturated carbocycles. The molecule has 0 fully saturated rings. The first-order chi connectivity index (χ1) is 9.47. The molecule has 0 atom stereocenters. The predicted octanol–water partition coefficient (Wildman–Crippen LogP) is 2.59. The molecular formula is C14H16BrN3O2. The number of nitrogens with two attached hydrogens (primary N) is 1. The molecule has 1 aromatic carbocycles. The van der Waals surface area contributed by atoms with Crippen molar-refractivity contribution in [3.05, 3.63) is 45.7 Å². The van der Waals surface area contributed by atoms with E-state index in [1.54, 1.807) is 4.68 Å². The number of benzene rings is 1. The maximum atomic E-state index is 11.8. The number of rotatable bonds is 4. The molecule has 20 heavy (non-hydrogen) atoms. The predicted molar refractivity (Wildman–Crippen MR) is 80.1 cm³/mol. The molecule has 0 aliphatic heterocycles. The number of anilines is 1. The first-order valence-electron chi connectivity index (χ1n) is 6.17. The Balaban J connectivity index is 1.92. The van der Waals surface area contributed by atoms with E-state index in [0.29, 0.717) is 5.69 Å². The van der Waals surface area contributed by atoms with Gasteiger partial charge in [-0.1, -0.05) is 28.1 Å². The van der Waals surface area contributed by atoms with E-state index >= 15 is 0 Å². The van der Waals surface area contributed by atoms with Gasteiger partial charge in [0.25, 0.3) is 0 Å². The van der Waals surface area contributed by atoms with Crippen molar-refractivity contribution in [2.45, 2.75) is 27.0 Å². The highest BCUT2D eigenvalue weighted by atomic mass is 79.9. The molecule has 0 aliphatic rings. The summed E-state index contributed by atoms with van der Waals surface area (Å²) >= 11 is 3.36. The van der Waals surface area contributed by atoms with Gasteiger partial charge in [0.1, 0.15) is 13.2 Å². The number of hydrogen-bond donors (Lipinski definition) is 1. The third-order valence-electron chi connectivity index (χ3n) is 3.03. The molecule has 106 valence electrons. The Morgan fingerprint density at radius 1 is 1.35 bits per heavy atom. The molecule has 2 rings (SSSR count). The van der Waals surface area contributed by atoms with Crippen molar-refractivity contribution in [1.29, 1.82) is 0 Å². The molecule has 0 spiro atoms. The Morgan fingerprint density at radius 2 is 2.00 bits per heavy atom. The highest BCUT2D eigenvalue weighted by Crippen LogP contribution is 2.15. The van der Waals surface area contributed by atoms with Gasteiger partial charge in [-0.2, -0.15) is 5.10 Å². The number of nitrogens with zero attached hydrogens (tertiary/aromatic N) is 2. The third-order valence-corrected chi connectivity index (χ3v) is 3.56. The maximum Gasteiger partial charge on any atom is 0.328 e. The van der Waals surface area contributed by atoms with E-state index in [4.69, 9.17) is 10.5 Å². The summed E-state index contributed by atoms with van der Waals surface area (Å²) < 4.78 is 7.78. The van der Waals surface area contributed by atoms with Gasteiger partial charge in [-0.05, 0) is 31.5 Å². The molecule has 0 aliphatic carbocycles. The number of carbonyl (C=O) groups is 1. The minimum atomic E-state index is -0.335. The van der Waals surface area contributed by atoms with Gasteiger partial charge in [0.15, 0.2) is 0 Å². The van der Waals surface area contributed by atoms with Gasteiger partial charge in [0, 0.05) is 4.47 Å². The van der Waals surface area contributed by atoms with Crippen LogP contribution in [-0.2, 0) is 22.7 Å². The summed E-state index contributed by atoms with van der Waals surface area (Å²) in [4.78, 5) is 11.8. The van der Waals surface area contributed by atoms with Gasteiger partial charge in [-0.15, -0.1) is 0 Å². The summed E-state index contributed by atoms with van der Waals surface area (Å²) in [5.41, 5.74) is 8.88. The maximum absolute atomic E-state index is 11.8. The number of carbonyl (C=O) groups excluding carboxylic acids is 1. The van der Waals surface area contributed by atoms with Crippen LogP contribution in [0.5, 0.6) is 0 Å². The lowest BCUT2D eigenvalue weighted by molar-refractivity contribution is -0.145. The minimum Gasteiger partial charge on any atom is -0.459 e. The number of aromatic nitrogens is 2. The second-order valence-electron chi connectivity index (χ2n) is 4.53. The number of halogens is 1. The zero-order chi connectivity index (χ0) is 14.7. The van der Waals surface area contributed by atoms with Crippen LogP contribution in [0.1, 0.15) is 17.0 Å². The fourth-order valence-electron chi connectivity index (χ4n) is 1.78. The Hall–Kier alpha value is -1.82. The molecular weight excluding hydrogens is 322 g/mol. The molecule has 0 unspecified atom stereocenters. The molecule has 2 N–H and O–H groups in total. The number of esters is 1. The monoisotopic (exact) mass is 337 g/mol. The van der Waals surface area contributed by atoms with Crippen LogP contribution in [0.2, 0.25) is 0 Å².